The van der Waals surface area contributed by atoms with E-state index < -0.39 is 0 Å². The maximum absolute atomic E-state index is 12.1. The molecule has 1 aliphatic carbocycles. The first kappa shape index (κ1) is 16.6. The summed E-state index contributed by atoms with van der Waals surface area (Å²) in [5.41, 5.74) is 0.764. The summed E-state index contributed by atoms with van der Waals surface area (Å²) in [4.78, 5) is 12.1. The van der Waals surface area contributed by atoms with Gasteiger partial charge in [0.1, 0.15) is 12.4 Å². The first-order valence-corrected chi connectivity index (χ1v) is 7.98. The average molecular weight is 306 g/mol. The highest BCUT2D eigenvalue weighted by Crippen LogP contribution is 2.24. The van der Waals surface area contributed by atoms with Gasteiger partial charge in [0.05, 0.1) is 6.61 Å². The molecule has 1 aromatic rings. The molecule has 0 aromatic heterocycles. The van der Waals surface area contributed by atoms with E-state index >= 15 is 0 Å². The van der Waals surface area contributed by atoms with Gasteiger partial charge in [-0.05, 0) is 43.0 Å². The Labute approximate surface area is 132 Å². The summed E-state index contributed by atoms with van der Waals surface area (Å²) in [6.07, 6.45) is 4.73. The lowest BCUT2D eigenvalue weighted by Gasteiger charge is -2.29. The number of nitrogens with one attached hydrogen (secondary N) is 2. The van der Waals surface area contributed by atoms with Crippen molar-refractivity contribution in [1.82, 2.24) is 5.32 Å². The lowest BCUT2D eigenvalue weighted by molar-refractivity contribution is 0.146. The zero-order valence-electron chi connectivity index (χ0n) is 13.4. The molecular formula is C17H26N2O3. The molecule has 1 saturated carbocycles. The Kier molecular flexibility index (Phi) is 6.52. The van der Waals surface area contributed by atoms with Crippen LogP contribution in [0.5, 0.6) is 5.75 Å². The predicted octanol–water partition coefficient (Wildman–Crippen LogP) is 3.41. The Morgan fingerprint density at radius 2 is 1.91 bits per heavy atom. The Balaban J connectivity index is 1.78. The fraction of sp³-hybridized carbons (Fsp3) is 0.588. The second-order valence-corrected chi connectivity index (χ2v) is 5.83. The van der Waals surface area contributed by atoms with Gasteiger partial charge in [0.2, 0.25) is 0 Å². The minimum Gasteiger partial charge on any atom is -0.491 e. The summed E-state index contributed by atoms with van der Waals surface area (Å²) in [6.45, 7) is 3.28. The third-order valence-corrected chi connectivity index (χ3v) is 4.10. The molecule has 2 amide bonds. The van der Waals surface area contributed by atoms with Crippen LogP contribution in [-0.4, -0.2) is 32.4 Å². The fourth-order valence-corrected chi connectivity index (χ4v) is 2.74. The van der Waals surface area contributed by atoms with Crippen molar-refractivity contribution in [2.45, 2.75) is 38.6 Å². The van der Waals surface area contributed by atoms with Crippen molar-refractivity contribution in [2.24, 2.45) is 5.92 Å². The smallest absolute Gasteiger partial charge is 0.319 e. The predicted molar refractivity (Wildman–Crippen MR) is 87.4 cm³/mol. The highest BCUT2D eigenvalue weighted by Gasteiger charge is 2.22. The van der Waals surface area contributed by atoms with Gasteiger partial charge in [-0.15, -0.1) is 0 Å². The van der Waals surface area contributed by atoms with Crippen LogP contribution in [0, 0.1) is 5.92 Å². The van der Waals surface area contributed by atoms with Gasteiger partial charge in [-0.3, -0.25) is 0 Å². The van der Waals surface area contributed by atoms with E-state index in [4.69, 9.17) is 9.47 Å². The summed E-state index contributed by atoms with van der Waals surface area (Å²) >= 11 is 0. The number of carbonyl (C=O) groups excluding carboxylic acids is 1. The maximum atomic E-state index is 12.1. The molecule has 0 radical (unpaired) electrons. The summed E-state index contributed by atoms with van der Waals surface area (Å²) in [5.74, 6) is 1.32. The number of hydrogen-bond acceptors (Lipinski definition) is 3. The van der Waals surface area contributed by atoms with Gasteiger partial charge >= 0.3 is 6.03 Å². The van der Waals surface area contributed by atoms with Gasteiger partial charge < -0.3 is 20.1 Å². The Hall–Kier alpha value is -1.75. The molecule has 22 heavy (non-hydrogen) atoms. The molecular weight excluding hydrogens is 280 g/mol. The number of urea groups is 1. The van der Waals surface area contributed by atoms with Crippen molar-refractivity contribution in [3.63, 3.8) is 0 Å². The number of carbonyl (C=O) groups is 1. The van der Waals surface area contributed by atoms with Crippen LogP contribution >= 0.6 is 0 Å². The normalized spacial score (nSPS) is 21.2. The van der Waals surface area contributed by atoms with Crippen LogP contribution in [0.15, 0.2) is 24.3 Å². The molecule has 0 spiro atoms. The van der Waals surface area contributed by atoms with E-state index in [0.717, 1.165) is 17.9 Å². The van der Waals surface area contributed by atoms with Crippen molar-refractivity contribution in [3.8, 4) is 5.75 Å². The number of benzene rings is 1. The molecule has 1 fully saturated rings. The number of amides is 2. The van der Waals surface area contributed by atoms with Gasteiger partial charge in [0.15, 0.2) is 0 Å². The third-order valence-electron chi connectivity index (χ3n) is 4.10. The first-order chi connectivity index (χ1) is 10.7. The van der Waals surface area contributed by atoms with Gasteiger partial charge in [-0.25, -0.2) is 4.79 Å². The molecule has 0 heterocycles. The highest BCUT2D eigenvalue weighted by molar-refractivity contribution is 5.89. The average Bonchev–Trinajstić information content (AvgIpc) is 2.51. The van der Waals surface area contributed by atoms with Gasteiger partial charge in [0, 0.05) is 18.8 Å². The van der Waals surface area contributed by atoms with Gasteiger partial charge in [0.25, 0.3) is 0 Å². The molecule has 1 aliphatic rings. The largest absolute Gasteiger partial charge is 0.491 e. The molecule has 0 saturated heterocycles. The number of rotatable bonds is 6. The highest BCUT2D eigenvalue weighted by atomic mass is 16.5. The van der Waals surface area contributed by atoms with Crippen LogP contribution in [0.1, 0.15) is 32.6 Å². The third kappa shape index (κ3) is 5.22. The van der Waals surface area contributed by atoms with E-state index in [0.29, 0.717) is 19.1 Å². The van der Waals surface area contributed by atoms with Crippen LogP contribution in [0.3, 0.4) is 0 Å². The fourth-order valence-electron chi connectivity index (χ4n) is 2.74. The lowest BCUT2D eigenvalue weighted by atomic mass is 9.86. The number of hydrogen-bond donors (Lipinski definition) is 2. The minimum atomic E-state index is -0.133. The molecule has 0 bridgehead atoms. The molecule has 122 valence electrons. The lowest BCUT2D eigenvalue weighted by Crippen LogP contribution is -2.43. The molecule has 2 atom stereocenters. The first-order valence-electron chi connectivity index (χ1n) is 7.98. The Morgan fingerprint density at radius 1 is 1.18 bits per heavy atom. The second kappa shape index (κ2) is 8.63. The molecule has 1 aromatic carbocycles. The Morgan fingerprint density at radius 3 is 2.59 bits per heavy atom. The van der Waals surface area contributed by atoms with E-state index in [1.54, 1.807) is 7.11 Å². The quantitative estimate of drug-likeness (QED) is 0.792. The summed E-state index contributed by atoms with van der Waals surface area (Å²) in [5, 5.41) is 5.95. The maximum Gasteiger partial charge on any atom is 0.319 e. The van der Waals surface area contributed by atoms with Crippen LogP contribution in [0.2, 0.25) is 0 Å². The summed E-state index contributed by atoms with van der Waals surface area (Å²) < 4.78 is 10.4. The topological polar surface area (TPSA) is 59.6 Å². The van der Waals surface area contributed by atoms with E-state index in [1.807, 2.05) is 24.3 Å². The molecule has 5 heteroatoms. The van der Waals surface area contributed by atoms with Crippen LogP contribution < -0.4 is 15.4 Å². The van der Waals surface area contributed by atoms with E-state index in [1.165, 1.54) is 19.3 Å². The minimum absolute atomic E-state index is 0.133. The molecule has 5 nitrogen and oxygen atoms in total. The van der Waals surface area contributed by atoms with Crippen molar-refractivity contribution in [3.05, 3.63) is 24.3 Å². The zero-order chi connectivity index (χ0) is 15.8. The van der Waals surface area contributed by atoms with Crippen molar-refractivity contribution in [1.29, 1.82) is 0 Å². The zero-order valence-corrected chi connectivity index (χ0v) is 13.4. The van der Waals surface area contributed by atoms with Crippen molar-refractivity contribution in [2.75, 3.05) is 25.6 Å². The van der Waals surface area contributed by atoms with Crippen LogP contribution in [0.4, 0.5) is 10.5 Å². The standard InChI is InChI=1S/C17H26N2O3/c1-13-5-3-4-6-16(13)19-17(20)18-14-7-9-15(10-8-14)22-12-11-21-2/h7-10,13,16H,3-6,11-12H2,1-2H3,(H2,18,19,20)/t13-,16-/m1/s1. The molecule has 0 unspecified atom stereocenters. The number of anilines is 1. The van der Waals surface area contributed by atoms with Crippen molar-refractivity contribution >= 4 is 11.7 Å². The number of methoxy groups -OCH3 is 1. The summed E-state index contributed by atoms with van der Waals surface area (Å²) in [7, 11) is 1.64. The monoisotopic (exact) mass is 306 g/mol. The van der Waals surface area contributed by atoms with Crippen LogP contribution in [-0.2, 0) is 4.74 Å². The molecule has 0 aliphatic heterocycles. The molecule has 2 N–H and O–H groups in total. The van der Waals surface area contributed by atoms with Gasteiger partial charge in [-0.2, -0.15) is 0 Å². The van der Waals surface area contributed by atoms with Gasteiger partial charge in [-0.1, -0.05) is 19.8 Å². The van der Waals surface area contributed by atoms with E-state index in [-0.39, 0.29) is 12.1 Å². The molecule has 2 rings (SSSR count). The number of ether oxygens (including phenoxy) is 2. The van der Waals surface area contributed by atoms with E-state index in [9.17, 15) is 4.79 Å². The van der Waals surface area contributed by atoms with Crippen molar-refractivity contribution < 1.29 is 14.3 Å². The SMILES string of the molecule is COCCOc1ccc(NC(=O)N[C@@H]2CCCC[C@H]2C)cc1. The summed E-state index contributed by atoms with van der Waals surface area (Å²) in [6, 6.07) is 7.51. The Bertz CT molecular complexity index is 461. The second-order valence-electron chi connectivity index (χ2n) is 5.83. The van der Waals surface area contributed by atoms with Crippen LogP contribution in [0.25, 0.3) is 0 Å². The van der Waals surface area contributed by atoms with E-state index in [2.05, 4.69) is 17.6 Å².